The van der Waals surface area contributed by atoms with Crippen LogP contribution in [-0.2, 0) is 0 Å². The predicted molar refractivity (Wildman–Crippen MR) is 49.5 cm³/mol. The van der Waals surface area contributed by atoms with Gasteiger partial charge in [-0.25, -0.2) is 0 Å². The molecule has 1 rings (SSSR count). The number of aliphatic imine (C=N–C) groups is 1. The van der Waals surface area contributed by atoms with Crippen LogP contribution in [0.3, 0.4) is 0 Å². The van der Waals surface area contributed by atoms with Crippen LogP contribution in [0.2, 0.25) is 0 Å². The van der Waals surface area contributed by atoms with Crippen molar-refractivity contribution < 1.29 is 13.2 Å². The van der Waals surface area contributed by atoms with Crippen molar-refractivity contribution in [2.24, 2.45) is 10.7 Å². The lowest BCUT2D eigenvalue weighted by Gasteiger charge is -2.04. The van der Waals surface area contributed by atoms with Gasteiger partial charge in [0.25, 0.3) is 0 Å². The molecule has 82 valence electrons. The van der Waals surface area contributed by atoms with Crippen molar-refractivity contribution in [3.05, 3.63) is 18.0 Å². The fourth-order valence-electron chi connectivity index (χ4n) is 0.742. The van der Waals surface area contributed by atoms with E-state index in [1.807, 2.05) is 0 Å². The van der Waals surface area contributed by atoms with Crippen molar-refractivity contribution in [3.63, 3.8) is 0 Å². The number of anilines is 1. The maximum absolute atomic E-state index is 12.2. The van der Waals surface area contributed by atoms with E-state index in [9.17, 15) is 13.2 Å². The Morgan fingerprint density at radius 3 is 2.60 bits per heavy atom. The normalized spacial score (nSPS) is 13.7. The maximum Gasteiger partial charge on any atom is 0.419 e. The van der Waals surface area contributed by atoms with Crippen LogP contribution in [0, 0.1) is 0 Å². The van der Waals surface area contributed by atoms with Crippen molar-refractivity contribution in [3.8, 4) is 0 Å². The molecule has 0 aromatic carbocycles. The molecule has 0 spiro atoms. The van der Waals surface area contributed by atoms with Gasteiger partial charge < -0.3 is 11.5 Å². The molecule has 0 aliphatic heterocycles. The minimum atomic E-state index is -4.53. The number of nitrogens with one attached hydrogen (secondary N) is 1. The molecule has 0 unspecified atom stereocenters. The van der Waals surface area contributed by atoms with Gasteiger partial charge in [-0.2, -0.15) is 18.3 Å². The number of hydrogen-bond acceptors (Lipinski definition) is 4. The molecule has 0 aliphatic rings. The first-order valence-electron chi connectivity index (χ1n) is 3.77. The largest absolute Gasteiger partial charge is 0.419 e. The molecule has 0 atom stereocenters. The maximum atomic E-state index is 12.2. The highest BCUT2D eigenvalue weighted by molar-refractivity contribution is 5.83. The number of halogens is 3. The monoisotopic (exact) mass is 219 g/mol. The number of allylic oxidation sites excluding steroid dienone is 1. The molecule has 0 saturated heterocycles. The van der Waals surface area contributed by atoms with Crippen molar-refractivity contribution >= 4 is 17.7 Å². The predicted octanol–water partition coefficient (Wildman–Crippen LogP) is 1.10. The highest BCUT2D eigenvalue weighted by Crippen LogP contribution is 2.25. The van der Waals surface area contributed by atoms with Crippen LogP contribution in [0.5, 0.6) is 0 Å². The van der Waals surface area contributed by atoms with Crippen LogP contribution in [0.4, 0.5) is 24.7 Å². The highest BCUT2D eigenvalue weighted by atomic mass is 19.4. The third kappa shape index (κ3) is 2.73. The van der Waals surface area contributed by atoms with Gasteiger partial charge in [0.2, 0.25) is 0 Å². The topological polar surface area (TPSA) is 93.1 Å². The molecule has 15 heavy (non-hydrogen) atoms. The Bertz CT molecular complexity index is 390. The molecule has 0 bridgehead atoms. The number of rotatable bonds is 2. The van der Waals surface area contributed by atoms with Crippen molar-refractivity contribution in [1.82, 2.24) is 10.2 Å². The van der Waals surface area contributed by atoms with Gasteiger partial charge in [-0.15, -0.1) is 0 Å². The van der Waals surface area contributed by atoms with Gasteiger partial charge in [0.15, 0.2) is 0 Å². The summed E-state index contributed by atoms with van der Waals surface area (Å²) in [6.45, 7) is 0. The molecular formula is C7H8F3N5. The van der Waals surface area contributed by atoms with Gasteiger partial charge in [-0.05, 0) is 0 Å². The Morgan fingerprint density at radius 1 is 1.53 bits per heavy atom. The molecule has 5 nitrogen and oxygen atoms in total. The van der Waals surface area contributed by atoms with E-state index in [1.54, 1.807) is 0 Å². The van der Waals surface area contributed by atoms with E-state index in [0.29, 0.717) is 12.4 Å². The SMILES string of the molecule is NC=C(C=Nc1cn[nH]c1N)C(F)(F)F. The fraction of sp³-hybridized carbons (Fsp3) is 0.143. The fourth-order valence-corrected chi connectivity index (χ4v) is 0.742. The third-order valence-corrected chi connectivity index (χ3v) is 1.50. The molecule has 1 aromatic heterocycles. The summed E-state index contributed by atoms with van der Waals surface area (Å²) < 4.78 is 36.5. The summed E-state index contributed by atoms with van der Waals surface area (Å²) >= 11 is 0. The number of hydrogen-bond donors (Lipinski definition) is 3. The average molecular weight is 219 g/mol. The Kier molecular flexibility index (Phi) is 2.98. The summed E-state index contributed by atoms with van der Waals surface area (Å²) in [5.41, 5.74) is 9.19. The van der Waals surface area contributed by atoms with Crippen LogP contribution in [0.15, 0.2) is 23.0 Å². The van der Waals surface area contributed by atoms with Crippen LogP contribution >= 0.6 is 0 Å². The standard InChI is InChI=1S/C7H8F3N5/c8-7(9,10)4(1-11)2-13-5-3-14-15-6(5)12/h1-3H,11H2,(H3,12,14,15). The third-order valence-electron chi connectivity index (χ3n) is 1.50. The van der Waals surface area contributed by atoms with E-state index in [0.717, 1.165) is 0 Å². The Morgan fingerprint density at radius 2 is 2.20 bits per heavy atom. The molecule has 1 aromatic rings. The zero-order chi connectivity index (χ0) is 11.5. The number of nitrogens with zero attached hydrogens (tertiary/aromatic N) is 2. The molecular weight excluding hydrogens is 211 g/mol. The summed E-state index contributed by atoms with van der Waals surface area (Å²) in [6, 6.07) is 0. The second kappa shape index (κ2) is 4.03. The Hall–Kier alpha value is -1.99. The van der Waals surface area contributed by atoms with Crippen LogP contribution in [0.1, 0.15) is 0 Å². The summed E-state index contributed by atoms with van der Waals surface area (Å²) in [4.78, 5) is 3.49. The molecule has 0 saturated carbocycles. The first-order valence-corrected chi connectivity index (χ1v) is 3.77. The minimum absolute atomic E-state index is 0.0878. The summed E-state index contributed by atoms with van der Waals surface area (Å²) in [7, 11) is 0. The molecule has 1 heterocycles. The number of aromatic nitrogens is 2. The first kappa shape index (κ1) is 11.1. The Balaban J connectivity index is 2.86. The quantitative estimate of drug-likeness (QED) is 0.650. The first-order chi connectivity index (χ1) is 6.95. The minimum Gasteiger partial charge on any atom is -0.404 e. The number of H-pyrrole nitrogens is 1. The number of aromatic amines is 1. The molecule has 0 aliphatic carbocycles. The second-order valence-electron chi connectivity index (χ2n) is 2.55. The zero-order valence-corrected chi connectivity index (χ0v) is 7.42. The molecule has 0 fully saturated rings. The van der Waals surface area contributed by atoms with E-state index in [1.165, 1.54) is 6.20 Å². The lowest BCUT2D eigenvalue weighted by atomic mass is 10.3. The molecule has 5 N–H and O–H groups in total. The van der Waals surface area contributed by atoms with Gasteiger partial charge in [-0.1, -0.05) is 0 Å². The van der Waals surface area contributed by atoms with Crippen LogP contribution in [-0.4, -0.2) is 22.6 Å². The summed E-state index contributed by atoms with van der Waals surface area (Å²) in [5, 5.41) is 5.82. The Labute approximate surface area is 82.7 Å². The molecule has 8 heteroatoms. The van der Waals surface area contributed by atoms with E-state index in [2.05, 4.69) is 15.2 Å². The molecule has 0 amide bonds. The van der Waals surface area contributed by atoms with Gasteiger partial charge >= 0.3 is 6.18 Å². The van der Waals surface area contributed by atoms with E-state index in [-0.39, 0.29) is 11.5 Å². The van der Waals surface area contributed by atoms with E-state index < -0.39 is 11.7 Å². The van der Waals surface area contributed by atoms with Crippen molar-refractivity contribution in [2.45, 2.75) is 6.18 Å². The van der Waals surface area contributed by atoms with Crippen molar-refractivity contribution in [1.29, 1.82) is 0 Å². The van der Waals surface area contributed by atoms with Gasteiger partial charge in [0.05, 0.1) is 11.8 Å². The lowest BCUT2D eigenvalue weighted by molar-refractivity contribution is -0.0857. The number of nitrogen functional groups attached to an aromatic ring is 1. The van der Waals surface area contributed by atoms with Gasteiger partial charge in [-0.3, -0.25) is 10.1 Å². The number of alkyl halides is 3. The average Bonchev–Trinajstić information content (AvgIpc) is 2.50. The smallest absolute Gasteiger partial charge is 0.404 e. The van der Waals surface area contributed by atoms with E-state index >= 15 is 0 Å². The second-order valence-corrected chi connectivity index (χ2v) is 2.55. The van der Waals surface area contributed by atoms with Gasteiger partial charge in [0, 0.05) is 12.4 Å². The summed E-state index contributed by atoms with van der Waals surface area (Å²) in [5.74, 6) is 0.0878. The van der Waals surface area contributed by atoms with Crippen molar-refractivity contribution in [2.75, 3.05) is 5.73 Å². The highest BCUT2D eigenvalue weighted by Gasteiger charge is 2.32. The van der Waals surface area contributed by atoms with E-state index in [4.69, 9.17) is 11.5 Å². The van der Waals surface area contributed by atoms with Gasteiger partial charge in [0.1, 0.15) is 11.5 Å². The molecule has 0 radical (unpaired) electrons. The van der Waals surface area contributed by atoms with Crippen LogP contribution in [0.25, 0.3) is 0 Å². The lowest BCUT2D eigenvalue weighted by Crippen LogP contribution is -2.14. The summed E-state index contributed by atoms with van der Waals surface area (Å²) in [6.07, 6.45) is -2.31. The number of nitrogens with two attached hydrogens (primary N) is 2. The zero-order valence-electron chi connectivity index (χ0n) is 7.42. The van der Waals surface area contributed by atoms with Crippen LogP contribution < -0.4 is 11.5 Å².